The third-order valence-corrected chi connectivity index (χ3v) is 8.80. The van der Waals surface area contributed by atoms with Crippen LogP contribution in [0.5, 0.6) is 5.75 Å². The Morgan fingerprint density at radius 2 is 1.57 bits per heavy atom. The number of nitrogens with zero attached hydrogens (tertiary/aromatic N) is 1. The molecule has 1 saturated carbocycles. The highest BCUT2D eigenvalue weighted by Crippen LogP contribution is 2.27. The highest BCUT2D eigenvalue weighted by molar-refractivity contribution is 7.89. The van der Waals surface area contributed by atoms with Crippen LogP contribution < -0.4 is 15.4 Å². The second-order valence-corrected chi connectivity index (χ2v) is 11.1. The number of nitrogens with one attached hydrogen (secondary N) is 2. The summed E-state index contributed by atoms with van der Waals surface area (Å²) in [4.78, 5) is 26.1. The van der Waals surface area contributed by atoms with Crippen molar-refractivity contribution in [3.8, 4) is 5.75 Å². The Bertz CT molecular complexity index is 1140. The average Bonchev–Trinajstić information content (AvgIpc) is 2.89. The van der Waals surface area contributed by atoms with Gasteiger partial charge in [-0.05, 0) is 62.1 Å². The molecule has 0 unspecified atom stereocenters. The molecule has 1 heterocycles. The van der Waals surface area contributed by atoms with E-state index in [2.05, 4.69) is 10.6 Å². The van der Waals surface area contributed by atoms with Gasteiger partial charge in [-0.25, -0.2) is 8.42 Å². The molecule has 188 valence electrons. The summed E-state index contributed by atoms with van der Waals surface area (Å²) in [6.07, 6.45) is 6.25. The van der Waals surface area contributed by atoms with E-state index in [9.17, 15) is 18.0 Å². The Balaban J connectivity index is 1.35. The van der Waals surface area contributed by atoms with E-state index in [-0.39, 0.29) is 41.8 Å². The molecule has 2 fully saturated rings. The van der Waals surface area contributed by atoms with Crippen LogP contribution in [0, 0.1) is 5.92 Å². The largest absolute Gasteiger partial charge is 0.497 e. The smallest absolute Gasteiger partial charge is 0.253 e. The fraction of sp³-hybridized carbons (Fsp3) is 0.462. The molecule has 1 aliphatic heterocycles. The number of para-hydroxylation sites is 1. The van der Waals surface area contributed by atoms with Crippen molar-refractivity contribution in [1.29, 1.82) is 0 Å². The van der Waals surface area contributed by atoms with E-state index in [1.807, 2.05) is 0 Å². The molecule has 35 heavy (non-hydrogen) atoms. The number of hydrogen-bond acceptors (Lipinski definition) is 5. The van der Waals surface area contributed by atoms with Crippen molar-refractivity contribution >= 4 is 27.5 Å². The van der Waals surface area contributed by atoms with Crippen molar-refractivity contribution < 1.29 is 22.7 Å². The number of methoxy groups -OCH3 is 1. The lowest BCUT2D eigenvalue weighted by atomic mass is 9.95. The van der Waals surface area contributed by atoms with Gasteiger partial charge in [-0.2, -0.15) is 4.31 Å². The number of amides is 2. The fourth-order valence-electron chi connectivity index (χ4n) is 4.79. The predicted octanol–water partition coefficient (Wildman–Crippen LogP) is 3.80. The van der Waals surface area contributed by atoms with Crippen LogP contribution >= 0.6 is 0 Å². The molecular weight excluding hydrogens is 466 g/mol. The summed E-state index contributed by atoms with van der Waals surface area (Å²) < 4.78 is 32.5. The Morgan fingerprint density at radius 1 is 0.914 bits per heavy atom. The van der Waals surface area contributed by atoms with Crippen LogP contribution in [0.4, 0.5) is 5.69 Å². The van der Waals surface area contributed by atoms with Gasteiger partial charge in [-0.15, -0.1) is 0 Å². The molecule has 0 bridgehead atoms. The lowest BCUT2D eigenvalue weighted by molar-refractivity contribution is -0.120. The van der Waals surface area contributed by atoms with Crippen LogP contribution in [0.1, 0.15) is 55.3 Å². The van der Waals surface area contributed by atoms with Crippen LogP contribution in [0.2, 0.25) is 0 Å². The summed E-state index contributed by atoms with van der Waals surface area (Å²) in [6.45, 7) is 0.520. The minimum absolute atomic E-state index is 0.173. The van der Waals surface area contributed by atoms with E-state index in [0.717, 1.165) is 25.7 Å². The molecule has 2 aliphatic rings. The minimum atomic E-state index is -3.63. The molecule has 9 heteroatoms. The van der Waals surface area contributed by atoms with Crippen molar-refractivity contribution in [1.82, 2.24) is 9.62 Å². The van der Waals surface area contributed by atoms with Crippen LogP contribution in [0.25, 0.3) is 0 Å². The molecule has 0 atom stereocenters. The minimum Gasteiger partial charge on any atom is -0.497 e. The van der Waals surface area contributed by atoms with Gasteiger partial charge in [-0.3, -0.25) is 9.59 Å². The number of anilines is 1. The normalized spacial score (nSPS) is 18.1. The van der Waals surface area contributed by atoms with E-state index < -0.39 is 10.0 Å². The Labute approximate surface area is 207 Å². The first-order valence-corrected chi connectivity index (χ1v) is 13.7. The van der Waals surface area contributed by atoms with Crippen molar-refractivity contribution in [2.24, 2.45) is 5.92 Å². The number of carbonyl (C=O) groups excluding carboxylic acids is 2. The highest BCUT2D eigenvalue weighted by Gasteiger charge is 2.32. The molecule has 2 N–H and O–H groups in total. The third kappa shape index (κ3) is 6.02. The van der Waals surface area contributed by atoms with Crippen molar-refractivity contribution in [2.75, 3.05) is 25.5 Å². The standard InChI is InChI=1S/C26H33N3O5S/c1-34-21-11-13-22(14-12-21)35(32,33)29-17-15-19(16-18-29)25(30)28-24-10-6-5-9-23(24)26(31)27-20-7-3-2-4-8-20/h5-6,9-14,19-20H,2-4,7-8,15-18H2,1H3,(H,27,31)(H,28,30). The molecule has 0 radical (unpaired) electrons. The quantitative estimate of drug-likeness (QED) is 0.603. The maximum Gasteiger partial charge on any atom is 0.253 e. The van der Waals surface area contributed by atoms with Gasteiger partial charge in [-0.1, -0.05) is 31.4 Å². The summed E-state index contributed by atoms with van der Waals surface area (Å²) in [5.41, 5.74) is 0.935. The van der Waals surface area contributed by atoms with Crippen molar-refractivity contribution in [3.05, 3.63) is 54.1 Å². The zero-order valence-corrected chi connectivity index (χ0v) is 20.9. The number of carbonyl (C=O) groups is 2. The molecule has 2 aromatic carbocycles. The summed E-state index contributed by atoms with van der Waals surface area (Å²) in [7, 11) is -2.11. The van der Waals surface area contributed by atoms with Crippen LogP contribution in [0.15, 0.2) is 53.4 Å². The van der Waals surface area contributed by atoms with E-state index in [1.54, 1.807) is 36.4 Å². The molecule has 2 aromatic rings. The second-order valence-electron chi connectivity index (χ2n) is 9.20. The molecule has 1 aliphatic carbocycles. The number of hydrogen-bond donors (Lipinski definition) is 2. The SMILES string of the molecule is COc1ccc(S(=O)(=O)N2CCC(C(=O)Nc3ccccc3C(=O)NC3CCCCC3)CC2)cc1. The first-order valence-electron chi connectivity index (χ1n) is 12.2. The van der Waals surface area contributed by atoms with E-state index in [4.69, 9.17) is 4.74 Å². The molecule has 0 aromatic heterocycles. The molecule has 0 spiro atoms. The van der Waals surface area contributed by atoms with Gasteiger partial charge in [0, 0.05) is 25.0 Å². The van der Waals surface area contributed by atoms with E-state index in [0.29, 0.717) is 29.8 Å². The lowest BCUT2D eigenvalue weighted by Gasteiger charge is -2.30. The molecule has 1 saturated heterocycles. The maximum atomic E-state index is 13.0. The van der Waals surface area contributed by atoms with Gasteiger partial charge < -0.3 is 15.4 Å². The number of rotatable bonds is 7. The van der Waals surface area contributed by atoms with Gasteiger partial charge in [0.1, 0.15) is 5.75 Å². The maximum absolute atomic E-state index is 13.0. The number of ether oxygens (including phenoxy) is 1. The fourth-order valence-corrected chi connectivity index (χ4v) is 6.26. The zero-order chi connectivity index (χ0) is 24.8. The van der Waals surface area contributed by atoms with Gasteiger partial charge in [0.25, 0.3) is 5.91 Å². The lowest BCUT2D eigenvalue weighted by Crippen LogP contribution is -2.41. The number of piperidine rings is 1. The Kier molecular flexibility index (Phi) is 8.07. The van der Waals surface area contributed by atoms with Crippen molar-refractivity contribution in [2.45, 2.75) is 55.9 Å². The first kappa shape index (κ1) is 25.2. The Morgan fingerprint density at radius 3 is 2.23 bits per heavy atom. The summed E-state index contributed by atoms with van der Waals surface area (Å²) >= 11 is 0. The summed E-state index contributed by atoms with van der Waals surface area (Å²) in [6, 6.07) is 13.5. The topological polar surface area (TPSA) is 105 Å². The van der Waals surface area contributed by atoms with Crippen molar-refractivity contribution in [3.63, 3.8) is 0 Å². The summed E-state index contributed by atoms with van der Waals surface area (Å²) in [5, 5.41) is 6.02. The highest BCUT2D eigenvalue weighted by atomic mass is 32.2. The second kappa shape index (κ2) is 11.2. The predicted molar refractivity (Wildman–Crippen MR) is 134 cm³/mol. The number of sulfonamides is 1. The summed E-state index contributed by atoms with van der Waals surface area (Å²) in [5.74, 6) is -0.101. The van der Waals surface area contributed by atoms with Gasteiger partial charge >= 0.3 is 0 Å². The van der Waals surface area contributed by atoms with Crippen LogP contribution in [-0.2, 0) is 14.8 Å². The first-order chi connectivity index (χ1) is 16.9. The molecular formula is C26H33N3O5S. The van der Waals surface area contributed by atoms with Gasteiger partial charge in [0.15, 0.2) is 0 Å². The molecule has 8 nitrogen and oxygen atoms in total. The van der Waals surface area contributed by atoms with Crippen LogP contribution in [0.3, 0.4) is 0 Å². The molecule has 2 amide bonds. The zero-order valence-electron chi connectivity index (χ0n) is 20.0. The monoisotopic (exact) mass is 499 g/mol. The average molecular weight is 500 g/mol. The van der Waals surface area contributed by atoms with E-state index >= 15 is 0 Å². The molecule has 4 rings (SSSR count). The van der Waals surface area contributed by atoms with E-state index in [1.165, 1.54) is 30.0 Å². The van der Waals surface area contributed by atoms with Gasteiger partial charge in [0.2, 0.25) is 15.9 Å². The Hall–Kier alpha value is -2.91. The van der Waals surface area contributed by atoms with Gasteiger partial charge in [0.05, 0.1) is 23.3 Å². The number of benzene rings is 2. The van der Waals surface area contributed by atoms with Crippen LogP contribution in [-0.4, -0.2) is 50.8 Å². The third-order valence-electron chi connectivity index (χ3n) is 6.89.